The van der Waals surface area contributed by atoms with E-state index in [0.717, 1.165) is 16.7 Å². The van der Waals surface area contributed by atoms with Crippen LogP contribution in [0.15, 0.2) is 12.1 Å². The standard InChI is InChI=1S/C22H30BNO4/c1-13-7-15(23)8-14(2)18(13)19-16(25)9-22(10-17(19)26)11-24(12-22)21(6,27)28-20(3,4)5/h7-8,19,27H,9-12H2,1-6H3. The lowest BCUT2D eigenvalue weighted by Crippen LogP contribution is -2.68. The molecule has 0 aromatic heterocycles. The Morgan fingerprint density at radius 3 is 1.96 bits per heavy atom. The van der Waals surface area contributed by atoms with Gasteiger partial charge in [0.2, 0.25) is 5.91 Å². The van der Waals surface area contributed by atoms with Crippen LogP contribution in [0.3, 0.4) is 0 Å². The molecule has 1 unspecified atom stereocenters. The van der Waals surface area contributed by atoms with E-state index in [1.807, 2.05) is 46.8 Å². The van der Waals surface area contributed by atoms with E-state index in [1.54, 1.807) is 11.8 Å². The Labute approximate surface area is 168 Å². The SMILES string of the molecule is [B]c1cc(C)c(C2C(=O)CC3(CC2=O)CN(C(C)(O)OC(C)(C)C)C3)c(C)c1. The Kier molecular flexibility index (Phi) is 5.14. The van der Waals surface area contributed by atoms with Gasteiger partial charge in [0, 0.05) is 38.3 Å². The lowest BCUT2D eigenvalue weighted by Gasteiger charge is -2.57. The number of hydrogen-bond acceptors (Lipinski definition) is 5. The summed E-state index contributed by atoms with van der Waals surface area (Å²) >= 11 is 0. The van der Waals surface area contributed by atoms with Crippen molar-refractivity contribution in [3.8, 4) is 0 Å². The van der Waals surface area contributed by atoms with Crippen LogP contribution in [0.25, 0.3) is 0 Å². The number of benzene rings is 1. The Morgan fingerprint density at radius 1 is 1.07 bits per heavy atom. The van der Waals surface area contributed by atoms with E-state index < -0.39 is 22.8 Å². The molecular formula is C22H30BNO4. The summed E-state index contributed by atoms with van der Waals surface area (Å²) < 4.78 is 5.75. The van der Waals surface area contributed by atoms with E-state index in [2.05, 4.69) is 0 Å². The van der Waals surface area contributed by atoms with Crippen LogP contribution in [0.5, 0.6) is 0 Å². The van der Waals surface area contributed by atoms with Crippen molar-refractivity contribution >= 4 is 24.9 Å². The van der Waals surface area contributed by atoms with Crippen molar-refractivity contribution in [3.05, 3.63) is 28.8 Å². The summed E-state index contributed by atoms with van der Waals surface area (Å²) in [5.41, 5.74) is 2.32. The number of hydrogen-bond donors (Lipinski definition) is 1. The van der Waals surface area contributed by atoms with E-state index in [-0.39, 0.29) is 11.6 Å². The maximum absolute atomic E-state index is 13.0. The molecule has 0 bridgehead atoms. The number of ether oxygens (including phenoxy) is 1. The quantitative estimate of drug-likeness (QED) is 0.491. The van der Waals surface area contributed by atoms with Gasteiger partial charge in [-0.15, -0.1) is 0 Å². The zero-order valence-electron chi connectivity index (χ0n) is 17.8. The summed E-state index contributed by atoms with van der Waals surface area (Å²) in [4.78, 5) is 27.8. The van der Waals surface area contributed by atoms with Gasteiger partial charge in [0.25, 0.3) is 0 Å². The van der Waals surface area contributed by atoms with Crippen LogP contribution in [-0.4, -0.2) is 54.0 Å². The number of likely N-dealkylation sites (tertiary alicyclic amines) is 1. The Morgan fingerprint density at radius 2 is 1.54 bits per heavy atom. The predicted molar refractivity (Wildman–Crippen MR) is 109 cm³/mol. The smallest absolute Gasteiger partial charge is 0.224 e. The number of aliphatic hydroxyl groups is 1. The van der Waals surface area contributed by atoms with Crippen LogP contribution < -0.4 is 5.46 Å². The lowest BCUT2D eigenvalue weighted by molar-refractivity contribution is -0.347. The fourth-order valence-electron chi connectivity index (χ4n) is 4.90. The minimum Gasteiger partial charge on any atom is -0.353 e. The van der Waals surface area contributed by atoms with Crippen molar-refractivity contribution in [1.29, 1.82) is 0 Å². The number of carbonyl (C=O) groups is 2. The number of aryl methyl sites for hydroxylation is 2. The summed E-state index contributed by atoms with van der Waals surface area (Å²) in [6.45, 7) is 12.0. The van der Waals surface area contributed by atoms with Crippen molar-refractivity contribution in [3.63, 3.8) is 0 Å². The first-order valence-electron chi connectivity index (χ1n) is 9.83. The number of Topliss-reactive ketones (excluding diaryl/α,β-unsaturated/α-hetero) is 2. The van der Waals surface area contributed by atoms with E-state index in [9.17, 15) is 14.7 Å². The summed E-state index contributed by atoms with van der Waals surface area (Å²) in [7, 11) is 5.89. The Hall–Kier alpha value is -1.50. The molecule has 1 heterocycles. The third-order valence-electron chi connectivity index (χ3n) is 5.79. The number of rotatable bonds is 3. The van der Waals surface area contributed by atoms with Crippen LogP contribution in [0, 0.1) is 19.3 Å². The highest BCUT2D eigenvalue weighted by Crippen LogP contribution is 2.48. The van der Waals surface area contributed by atoms with Gasteiger partial charge in [0.1, 0.15) is 25.3 Å². The number of carbonyl (C=O) groups excluding carboxylic acids is 2. The highest BCUT2D eigenvalue weighted by Gasteiger charge is 2.56. The molecule has 28 heavy (non-hydrogen) atoms. The first-order chi connectivity index (χ1) is 12.7. The minimum absolute atomic E-state index is 0.0387. The molecule has 0 amide bonds. The first kappa shape index (κ1) is 21.2. The number of nitrogens with zero attached hydrogens (tertiary/aromatic N) is 1. The highest BCUT2D eigenvalue weighted by atomic mass is 16.7. The van der Waals surface area contributed by atoms with Crippen LogP contribution in [-0.2, 0) is 14.3 Å². The van der Waals surface area contributed by atoms with E-state index in [4.69, 9.17) is 12.6 Å². The molecule has 3 rings (SSSR count). The molecule has 2 fully saturated rings. The zero-order valence-corrected chi connectivity index (χ0v) is 17.8. The van der Waals surface area contributed by atoms with E-state index in [0.29, 0.717) is 31.4 Å². The van der Waals surface area contributed by atoms with Crippen LogP contribution in [0.1, 0.15) is 63.1 Å². The molecule has 6 heteroatoms. The molecule has 1 aliphatic heterocycles. The summed E-state index contributed by atoms with van der Waals surface area (Å²) in [5, 5.41) is 10.7. The third-order valence-corrected chi connectivity index (χ3v) is 5.79. The van der Waals surface area contributed by atoms with Crippen molar-refractivity contribution in [1.82, 2.24) is 4.90 Å². The molecule has 2 radical (unpaired) electrons. The molecule has 1 aromatic rings. The van der Waals surface area contributed by atoms with Gasteiger partial charge in [-0.1, -0.05) is 17.6 Å². The second kappa shape index (κ2) is 6.79. The molecule has 1 spiro atoms. The third kappa shape index (κ3) is 3.96. The van der Waals surface area contributed by atoms with Crippen molar-refractivity contribution in [2.75, 3.05) is 13.1 Å². The molecule has 1 saturated heterocycles. The van der Waals surface area contributed by atoms with Gasteiger partial charge in [-0.25, -0.2) is 0 Å². The fourth-order valence-corrected chi connectivity index (χ4v) is 4.90. The molecule has 5 nitrogen and oxygen atoms in total. The van der Waals surface area contributed by atoms with Gasteiger partial charge in [0.05, 0.1) is 5.60 Å². The van der Waals surface area contributed by atoms with Crippen molar-refractivity contribution < 1.29 is 19.4 Å². The van der Waals surface area contributed by atoms with Crippen LogP contribution >= 0.6 is 0 Å². The highest BCUT2D eigenvalue weighted by molar-refractivity contribution is 6.32. The van der Waals surface area contributed by atoms with Gasteiger partial charge in [-0.2, -0.15) is 0 Å². The van der Waals surface area contributed by atoms with Crippen LogP contribution in [0.2, 0.25) is 0 Å². The van der Waals surface area contributed by atoms with Gasteiger partial charge >= 0.3 is 0 Å². The molecule has 1 N–H and O–H groups in total. The van der Waals surface area contributed by atoms with Gasteiger partial charge < -0.3 is 9.84 Å². The summed E-state index contributed by atoms with van der Waals surface area (Å²) in [6, 6.07) is 3.64. The molecule has 1 saturated carbocycles. The summed E-state index contributed by atoms with van der Waals surface area (Å²) in [5.74, 6) is -2.20. The molecule has 2 aliphatic rings. The number of ketones is 2. The normalized spacial score (nSPS) is 23.0. The minimum atomic E-state index is -1.42. The zero-order chi connectivity index (χ0) is 21.1. The maximum Gasteiger partial charge on any atom is 0.224 e. The van der Waals surface area contributed by atoms with Gasteiger partial charge in [-0.3, -0.25) is 14.5 Å². The largest absolute Gasteiger partial charge is 0.353 e. The predicted octanol–water partition coefficient (Wildman–Crippen LogP) is 1.90. The molecule has 1 atom stereocenters. The van der Waals surface area contributed by atoms with Crippen LogP contribution in [0.4, 0.5) is 0 Å². The second-order valence-corrected chi connectivity index (χ2v) is 9.79. The molecule has 150 valence electrons. The summed E-state index contributed by atoms with van der Waals surface area (Å²) in [6.07, 6.45) is 0.684. The Balaban J connectivity index is 1.76. The lowest BCUT2D eigenvalue weighted by atomic mass is 9.62. The fraction of sp³-hybridized carbons (Fsp3) is 0.636. The van der Waals surface area contributed by atoms with E-state index in [1.165, 1.54) is 0 Å². The topological polar surface area (TPSA) is 66.8 Å². The molecule has 1 aromatic carbocycles. The van der Waals surface area contributed by atoms with Crippen molar-refractivity contribution in [2.45, 2.75) is 71.8 Å². The van der Waals surface area contributed by atoms with E-state index >= 15 is 0 Å². The van der Waals surface area contributed by atoms with Crippen molar-refractivity contribution in [2.24, 2.45) is 5.41 Å². The Bertz CT molecular complexity index is 775. The monoisotopic (exact) mass is 383 g/mol. The molecular weight excluding hydrogens is 353 g/mol. The first-order valence-corrected chi connectivity index (χ1v) is 9.83. The molecule has 1 aliphatic carbocycles. The van der Waals surface area contributed by atoms with Gasteiger partial charge in [0.15, 0.2) is 0 Å². The average Bonchev–Trinajstić information content (AvgIpc) is 2.43. The average molecular weight is 383 g/mol. The maximum atomic E-state index is 13.0. The van der Waals surface area contributed by atoms with Gasteiger partial charge in [-0.05, 0) is 51.3 Å². The second-order valence-electron chi connectivity index (χ2n) is 9.79.